The van der Waals surface area contributed by atoms with Crippen LogP contribution in [-0.4, -0.2) is 14.7 Å². The molecular weight excluding hydrogens is 298 g/mol. The van der Waals surface area contributed by atoms with Crippen LogP contribution in [0.1, 0.15) is 11.1 Å². The second-order valence-electron chi connectivity index (χ2n) is 4.70. The molecule has 0 amide bonds. The van der Waals surface area contributed by atoms with Gasteiger partial charge in [-0.05, 0) is 43.2 Å². The lowest BCUT2D eigenvalue weighted by atomic mass is 10.1. The van der Waals surface area contributed by atoms with E-state index in [1.54, 1.807) is 19.9 Å². The minimum Gasteiger partial charge on any atom is -0.452 e. The lowest BCUT2D eigenvalue weighted by molar-refractivity contribution is 0.426. The molecule has 0 N–H and O–H groups in total. The molecule has 21 heavy (non-hydrogen) atoms. The number of hydrogen-bond donors (Lipinski definition) is 0. The standard InChI is InChI=1S/C15H13F2O3S/c1-9-4-6-14(15(10(9)2)21(3,18)19)20-13-7-5-11(16)8-12(13)17/h4-5,7-8H,1-3H3. The van der Waals surface area contributed by atoms with Crippen molar-refractivity contribution in [2.75, 3.05) is 6.26 Å². The zero-order valence-corrected chi connectivity index (χ0v) is 12.5. The van der Waals surface area contributed by atoms with Crippen molar-refractivity contribution in [2.45, 2.75) is 18.7 Å². The molecule has 2 rings (SSSR count). The van der Waals surface area contributed by atoms with Crippen molar-refractivity contribution < 1.29 is 21.9 Å². The van der Waals surface area contributed by atoms with Crippen LogP contribution in [0.3, 0.4) is 0 Å². The van der Waals surface area contributed by atoms with E-state index in [0.29, 0.717) is 11.6 Å². The van der Waals surface area contributed by atoms with E-state index in [4.69, 9.17) is 4.74 Å². The summed E-state index contributed by atoms with van der Waals surface area (Å²) in [5, 5.41) is 0. The Labute approximate surface area is 122 Å². The highest BCUT2D eigenvalue weighted by Gasteiger charge is 2.20. The Morgan fingerprint density at radius 1 is 1.19 bits per heavy atom. The molecule has 0 bridgehead atoms. The highest BCUT2D eigenvalue weighted by atomic mass is 32.2. The van der Waals surface area contributed by atoms with Gasteiger partial charge in [0.25, 0.3) is 0 Å². The predicted molar refractivity (Wildman–Crippen MR) is 74.3 cm³/mol. The van der Waals surface area contributed by atoms with E-state index in [1.165, 1.54) is 0 Å². The number of hydrogen-bond acceptors (Lipinski definition) is 3. The first kappa shape index (κ1) is 15.4. The fraction of sp³-hybridized carbons (Fsp3) is 0.200. The van der Waals surface area contributed by atoms with E-state index in [-0.39, 0.29) is 16.4 Å². The quantitative estimate of drug-likeness (QED) is 0.870. The monoisotopic (exact) mass is 311 g/mol. The largest absolute Gasteiger partial charge is 0.452 e. The molecule has 0 saturated heterocycles. The van der Waals surface area contributed by atoms with Crippen LogP contribution in [0, 0.1) is 31.5 Å². The van der Waals surface area contributed by atoms with Crippen molar-refractivity contribution in [2.24, 2.45) is 0 Å². The van der Waals surface area contributed by atoms with Crippen LogP contribution in [0.5, 0.6) is 11.5 Å². The summed E-state index contributed by atoms with van der Waals surface area (Å²) >= 11 is 0. The van der Waals surface area contributed by atoms with Gasteiger partial charge in [-0.3, -0.25) is 0 Å². The second-order valence-corrected chi connectivity index (χ2v) is 6.66. The van der Waals surface area contributed by atoms with Crippen LogP contribution in [0.2, 0.25) is 0 Å². The average molecular weight is 311 g/mol. The van der Waals surface area contributed by atoms with Gasteiger partial charge in [0, 0.05) is 18.4 Å². The molecule has 6 heteroatoms. The molecule has 0 unspecified atom stereocenters. The molecule has 0 saturated carbocycles. The molecule has 1 radical (unpaired) electrons. The van der Waals surface area contributed by atoms with E-state index >= 15 is 0 Å². The maximum atomic E-state index is 13.6. The summed E-state index contributed by atoms with van der Waals surface area (Å²) < 4.78 is 55.6. The topological polar surface area (TPSA) is 43.4 Å². The summed E-state index contributed by atoms with van der Waals surface area (Å²) in [4.78, 5) is -0.0498. The van der Waals surface area contributed by atoms with Crippen molar-refractivity contribution in [3.05, 3.63) is 53.1 Å². The highest BCUT2D eigenvalue weighted by Crippen LogP contribution is 2.33. The van der Waals surface area contributed by atoms with E-state index in [0.717, 1.165) is 24.0 Å². The summed E-state index contributed by atoms with van der Waals surface area (Å²) in [5.41, 5.74) is 1.23. The zero-order chi connectivity index (χ0) is 15.8. The Hall–Kier alpha value is -1.95. The fourth-order valence-electron chi connectivity index (χ4n) is 1.89. The van der Waals surface area contributed by atoms with E-state index in [9.17, 15) is 17.2 Å². The molecule has 2 aromatic rings. The maximum absolute atomic E-state index is 13.6. The number of benzene rings is 2. The van der Waals surface area contributed by atoms with Crippen LogP contribution < -0.4 is 4.74 Å². The normalized spacial score (nSPS) is 11.5. The van der Waals surface area contributed by atoms with Crippen LogP contribution >= 0.6 is 0 Å². The van der Waals surface area contributed by atoms with Crippen molar-refractivity contribution in [3.8, 4) is 11.5 Å². The number of sulfone groups is 1. The summed E-state index contributed by atoms with van der Waals surface area (Å²) in [6.07, 6.45) is 1.04. The van der Waals surface area contributed by atoms with Crippen molar-refractivity contribution in [1.29, 1.82) is 0 Å². The highest BCUT2D eigenvalue weighted by molar-refractivity contribution is 7.90. The number of aryl methyl sites for hydroxylation is 1. The average Bonchev–Trinajstić information content (AvgIpc) is 2.35. The minimum atomic E-state index is -3.58. The van der Waals surface area contributed by atoms with Crippen LogP contribution in [0.25, 0.3) is 0 Å². The van der Waals surface area contributed by atoms with Gasteiger partial charge in [0.15, 0.2) is 27.2 Å². The molecule has 111 valence electrons. The first-order chi connectivity index (χ1) is 9.70. The Bertz CT molecular complexity index is 799. The van der Waals surface area contributed by atoms with Crippen molar-refractivity contribution in [1.82, 2.24) is 0 Å². The van der Waals surface area contributed by atoms with Crippen LogP contribution in [0.4, 0.5) is 8.78 Å². The van der Waals surface area contributed by atoms with Crippen LogP contribution in [0.15, 0.2) is 29.2 Å². The molecule has 0 atom stereocenters. The van der Waals surface area contributed by atoms with Gasteiger partial charge in [0.1, 0.15) is 10.7 Å². The fourth-order valence-corrected chi connectivity index (χ4v) is 3.04. The molecule has 0 fully saturated rings. The third kappa shape index (κ3) is 3.21. The summed E-state index contributed by atoms with van der Waals surface area (Å²) in [6, 6.07) is 7.03. The molecule has 2 aromatic carbocycles. The summed E-state index contributed by atoms with van der Waals surface area (Å²) in [6.45, 7) is 3.37. The number of halogens is 2. The predicted octanol–water partition coefficient (Wildman–Crippen LogP) is 3.58. The Balaban J connectivity index is 2.57. The lowest BCUT2D eigenvalue weighted by Crippen LogP contribution is -2.05. The first-order valence-corrected chi connectivity index (χ1v) is 7.94. The Kier molecular flexibility index (Phi) is 4.00. The minimum absolute atomic E-state index is 0.0498. The van der Waals surface area contributed by atoms with Gasteiger partial charge in [-0.1, -0.05) is 0 Å². The van der Waals surface area contributed by atoms with Crippen molar-refractivity contribution in [3.63, 3.8) is 0 Å². The van der Waals surface area contributed by atoms with Crippen molar-refractivity contribution >= 4 is 9.84 Å². The van der Waals surface area contributed by atoms with Gasteiger partial charge in [0.05, 0.1) is 0 Å². The van der Waals surface area contributed by atoms with Crippen LogP contribution in [-0.2, 0) is 9.84 Å². The molecule has 0 spiro atoms. The van der Waals surface area contributed by atoms with Gasteiger partial charge < -0.3 is 4.74 Å². The van der Waals surface area contributed by atoms with Gasteiger partial charge in [0.2, 0.25) is 0 Å². The molecule has 0 heterocycles. The molecule has 3 nitrogen and oxygen atoms in total. The zero-order valence-electron chi connectivity index (χ0n) is 11.7. The Morgan fingerprint density at radius 2 is 1.86 bits per heavy atom. The Morgan fingerprint density at radius 3 is 2.43 bits per heavy atom. The van der Waals surface area contributed by atoms with E-state index in [2.05, 4.69) is 6.07 Å². The summed E-state index contributed by atoms with van der Waals surface area (Å²) in [7, 11) is -3.58. The molecule has 0 aliphatic rings. The van der Waals surface area contributed by atoms with E-state index in [1.807, 2.05) is 0 Å². The van der Waals surface area contributed by atoms with Gasteiger partial charge in [-0.15, -0.1) is 0 Å². The second kappa shape index (κ2) is 5.44. The third-order valence-electron chi connectivity index (χ3n) is 3.03. The number of rotatable bonds is 3. The van der Waals surface area contributed by atoms with Gasteiger partial charge in [-0.2, -0.15) is 0 Å². The third-order valence-corrected chi connectivity index (χ3v) is 4.27. The SMILES string of the molecule is Cc1c[c]c(Oc2ccc(F)cc2F)c(S(C)(=O)=O)c1C. The molecule has 0 aromatic heterocycles. The lowest BCUT2D eigenvalue weighted by Gasteiger charge is -2.14. The maximum Gasteiger partial charge on any atom is 0.179 e. The smallest absolute Gasteiger partial charge is 0.179 e. The number of ether oxygens (including phenoxy) is 1. The molecule has 0 aliphatic heterocycles. The van der Waals surface area contributed by atoms with Gasteiger partial charge in [-0.25, -0.2) is 17.2 Å². The summed E-state index contributed by atoms with van der Waals surface area (Å²) in [5.74, 6) is -2.03. The first-order valence-electron chi connectivity index (χ1n) is 6.05. The van der Waals surface area contributed by atoms with Gasteiger partial charge >= 0.3 is 0 Å². The molecule has 0 aliphatic carbocycles. The molecular formula is C15H13F2O3S. The van der Waals surface area contributed by atoms with E-state index < -0.39 is 21.5 Å².